The molecular formula is C9H17ClN2O3. The van der Waals surface area contributed by atoms with Crippen molar-refractivity contribution in [2.45, 2.75) is 26.0 Å². The fraction of sp³-hybridized carbons (Fsp3) is 0.778. The van der Waals surface area contributed by atoms with Crippen molar-refractivity contribution in [2.75, 3.05) is 20.6 Å². The Morgan fingerprint density at radius 2 is 2.00 bits per heavy atom. The standard InChI is InChI=1S/C9H16N2O3.ClH/c1-7(12)6-9(14)10-8(13)4-5-11(10,2)3;/h8H,4-6H2,1-3H3;1H. The highest BCUT2D eigenvalue weighted by atomic mass is 35.5. The van der Waals surface area contributed by atoms with Crippen LogP contribution in [0.5, 0.6) is 0 Å². The molecule has 1 heterocycles. The second-order valence-corrected chi connectivity index (χ2v) is 4.21. The number of carbonyl (C=O) groups is 2. The van der Waals surface area contributed by atoms with Gasteiger partial charge in [-0.25, -0.2) is 9.60 Å². The van der Waals surface area contributed by atoms with Crippen molar-refractivity contribution < 1.29 is 19.3 Å². The summed E-state index contributed by atoms with van der Waals surface area (Å²) >= 11 is 0. The largest absolute Gasteiger partial charge is 0.832 e. The number of carbonyl (C=O) groups excluding carboxylic acids is 2. The minimum atomic E-state index is -1.00. The van der Waals surface area contributed by atoms with Gasteiger partial charge in [-0.3, -0.25) is 9.59 Å². The SMILES string of the molecule is CC(=O)CC(=O)N1C([O-])CC[N+]1(C)C.Cl. The minimum Gasteiger partial charge on any atom is -0.832 e. The lowest BCUT2D eigenvalue weighted by Gasteiger charge is -2.38. The van der Waals surface area contributed by atoms with E-state index < -0.39 is 6.23 Å². The van der Waals surface area contributed by atoms with E-state index in [4.69, 9.17) is 0 Å². The summed E-state index contributed by atoms with van der Waals surface area (Å²) in [6.45, 7) is 2.01. The molecule has 0 spiro atoms. The molecule has 1 fully saturated rings. The lowest BCUT2D eigenvalue weighted by Crippen LogP contribution is -2.58. The molecule has 0 radical (unpaired) electrons. The summed E-state index contributed by atoms with van der Waals surface area (Å²) in [5.74, 6) is -0.561. The van der Waals surface area contributed by atoms with Crippen molar-refractivity contribution in [1.82, 2.24) is 5.01 Å². The molecule has 1 unspecified atom stereocenters. The highest BCUT2D eigenvalue weighted by molar-refractivity contribution is 5.96. The second-order valence-electron chi connectivity index (χ2n) is 4.21. The van der Waals surface area contributed by atoms with Crippen LogP contribution in [0.4, 0.5) is 0 Å². The lowest BCUT2D eigenvalue weighted by molar-refractivity contribution is -0.986. The zero-order valence-electron chi connectivity index (χ0n) is 9.23. The first kappa shape index (κ1) is 14.3. The van der Waals surface area contributed by atoms with Crippen LogP contribution in [0.1, 0.15) is 19.8 Å². The number of quaternary nitrogens is 1. The summed E-state index contributed by atoms with van der Waals surface area (Å²) in [4.78, 5) is 22.3. The topological polar surface area (TPSA) is 60.4 Å². The molecule has 88 valence electrons. The zero-order valence-corrected chi connectivity index (χ0v) is 10.0. The van der Waals surface area contributed by atoms with Crippen molar-refractivity contribution in [2.24, 2.45) is 0 Å². The summed E-state index contributed by atoms with van der Waals surface area (Å²) in [7, 11) is 3.60. The van der Waals surface area contributed by atoms with Gasteiger partial charge in [0, 0.05) is 12.6 Å². The van der Waals surface area contributed by atoms with Crippen LogP contribution in [0.3, 0.4) is 0 Å². The van der Waals surface area contributed by atoms with Crippen molar-refractivity contribution >= 4 is 24.1 Å². The van der Waals surface area contributed by atoms with E-state index in [2.05, 4.69) is 0 Å². The number of hydrogen-bond donors (Lipinski definition) is 0. The number of ketones is 1. The van der Waals surface area contributed by atoms with E-state index in [1.807, 2.05) is 0 Å². The fourth-order valence-corrected chi connectivity index (χ4v) is 1.76. The Morgan fingerprint density at radius 1 is 1.47 bits per heavy atom. The van der Waals surface area contributed by atoms with E-state index >= 15 is 0 Å². The molecule has 1 rings (SSSR count). The molecule has 1 amide bonds. The van der Waals surface area contributed by atoms with Crippen molar-refractivity contribution in [1.29, 1.82) is 0 Å². The lowest BCUT2D eigenvalue weighted by atomic mass is 10.3. The Morgan fingerprint density at radius 3 is 2.33 bits per heavy atom. The van der Waals surface area contributed by atoms with Gasteiger partial charge in [-0.1, -0.05) is 0 Å². The molecule has 0 aromatic rings. The zero-order chi connectivity index (χ0) is 10.9. The maximum atomic E-state index is 11.6. The molecule has 0 saturated carbocycles. The van der Waals surface area contributed by atoms with E-state index in [0.29, 0.717) is 13.0 Å². The number of Topliss-reactive ketones (excluding diaryl/α,β-unsaturated/α-hetero) is 1. The number of rotatable bonds is 2. The first-order valence-electron chi connectivity index (χ1n) is 4.65. The van der Waals surface area contributed by atoms with Crippen LogP contribution in [-0.4, -0.2) is 48.2 Å². The van der Waals surface area contributed by atoms with Crippen LogP contribution in [0, 0.1) is 0 Å². The van der Waals surface area contributed by atoms with Gasteiger partial charge in [0.05, 0.1) is 20.5 Å². The Bertz CT molecular complexity index is 268. The third kappa shape index (κ3) is 3.15. The highest BCUT2D eigenvalue weighted by Gasteiger charge is 2.38. The molecule has 1 atom stereocenters. The summed E-state index contributed by atoms with van der Waals surface area (Å²) in [6.07, 6.45) is -0.714. The molecule has 0 aromatic carbocycles. The summed E-state index contributed by atoms with van der Waals surface area (Å²) in [5.41, 5.74) is 0. The van der Waals surface area contributed by atoms with Gasteiger partial charge in [-0.05, 0) is 6.92 Å². The van der Waals surface area contributed by atoms with Gasteiger partial charge in [0.1, 0.15) is 12.3 Å². The number of halogens is 1. The smallest absolute Gasteiger partial charge is 0.274 e. The minimum absolute atomic E-state index is 0. The van der Waals surface area contributed by atoms with E-state index in [9.17, 15) is 14.7 Å². The Labute approximate surface area is 95.6 Å². The number of hydrogen-bond acceptors (Lipinski definition) is 3. The van der Waals surface area contributed by atoms with Crippen molar-refractivity contribution in [3.63, 3.8) is 0 Å². The molecule has 1 saturated heterocycles. The van der Waals surface area contributed by atoms with E-state index in [-0.39, 0.29) is 35.1 Å². The maximum Gasteiger partial charge on any atom is 0.274 e. The average Bonchev–Trinajstić information content (AvgIpc) is 2.24. The third-order valence-corrected chi connectivity index (χ3v) is 2.44. The molecule has 0 aromatic heterocycles. The van der Waals surface area contributed by atoms with Crippen LogP contribution in [-0.2, 0) is 9.59 Å². The van der Waals surface area contributed by atoms with Gasteiger partial charge >= 0.3 is 0 Å². The van der Waals surface area contributed by atoms with Crippen LogP contribution < -0.4 is 5.11 Å². The van der Waals surface area contributed by atoms with Crippen molar-refractivity contribution in [3.8, 4) is 0 Å². The van der Waals surface area contributed by atoms with E-state index in [0.717, 1.165) is 0 Å². The van der Waals surface area contributed by atoms with Crippen LogP contribution >= 0.6 is 12.4 Å². The van der Waals surface area contributed by atoms with Gasteiger partial charge < -0.3 is 5.11 Å². The van der Waals surface area contributed by atoms with Crippen LogP contribution in [0.25, 0.3) is 0 Å². The number of nitrogens with zero attached hydrogens (tertiary/aromatic N) is 2. The Hall–Kier alpha value is -0.650. The monoisotopic (exact) mass is 236 g/mol. The van der Waals surface area contributed by atoms with Gasteiger partial charge in [0.15, 0.2) is 0 Å². The van der Waals surface area contributed by atoms with Gasteiger partial charge in [-0.2, -0.15) is 0 Å². The molecule has 1 aliphatic heterocycles. The molecule has 0 bridgehead atoms. The second kappa shape index (κ2) is 4.92. The highest BCUT2D eigenvalue weighted by Crippen LogP contribution is 2.20. The van der Waals surface area contributed by atoms with Crippen LogP contribution in [0.15, 0.2) is 0 Å². The first-order chi connectivity index (χ1) is 6.34. The van der Waals surface area contributed by atoms with Crippen LogP contribution in [0.2, 0.25) is 0 Å². The molecule has 6 heteroatoms. The molecule has 15 heavy (non-hydrogen) atoms. The third-order valence-electron chi connectivity index (χ3n) is 2.44. The maximum absolute atomic E-state index is 11.6. The first-order valence-corrected chi connectivity index (χ1v) is 4.65. The quantitative estimate of drug-likeness (QED) is 0.471. The summed E-state index contributed by atoms with van der Waals surface area (Å²) in [6, 6.07) is 0. The van der Waals surface area contributed by atoms with Gasteiger partial charge in [0.2, 0.25) is 0 Å². The van der Waals surface area contributed by atoms with Gasteiger partial charge in [-0.15, -0.1) is 12.4 Å². The number of amides is 1. The molecule has 0 aliphatic carbocycles. The summed E-state index contributed by atoms with van der Waals surface area (Å²) < 4.78 is 0.264. The Balaban J connectivity index is 0.00000196. The molecule has 5 nitrogen and oxygen atoms in total. The molecule has 1 aliphatic rings. The predicted octanol–water partition coefficient (Wildman–Crippen LogP) is -0.703. The fourth-order valence-electron chi connectivity index (χ4n) is 1.76. The van der Waals surface area contributed by atoms with Crippen molar-refractivity contribution in [3.05, 3.63) is 0 Å². The predicted molar refractivity (Wildman–Crippen MR) is 54.8 cm³/mol. The molecule has 0 N–H and O–H groups in total. The summed E-state index contributed by atoms with van der Waals surface area (Å²) in [5, 5.41) is 12.7. The average molecular weight is 237 g/mol. The van der Waals surface area contributed by atoms with Gasteiger partial charge in [0.25, 0.3) is 5.91 Å². The molecular weight excluding hydrogens is 220 g/mol. The van der Waals surface area contributed by atoms with E-state index in [1.165, 1.54) is 11.9 Å². The normalized spacial score (nSPS) is 23.5. The Kier molecular flexibility index (Phi) is 4.70. The van der Waals surface area contributed by atoms with E-state index in [1.54, 1.807) is 14.1 Å².